The predicted octanol–water partition coefficient (Wildman–Crippen LogP) is 2.30. The molecule has 0 aliphatic heterocycles. The fraction of sp³-hybridized carbons (Fsp3) is 0.100. The monoisotopic (exact) mass is 379 g/mol. The smallest absolute Gasteiger partial charge is 0.335 e. The van der Waals surface area contributed by atoms with Crippen LogP contribution in [0, 0.1) is 13.8 Å². The first-order valence-corrected chi connectivity index (χ1v) is 8.31. The number of aliphatic imine (C=N–C) groups is 1. The summed E-state index contributed by atoms with van der Waals surface area (Å²) in [4.78, 5) is 41.5. The number of carboxylic acids is 1. The predicted molar refractivity (Wildman–Crippen MR) is 104 cm³/mol. The van der Waals surface area contributed by atoms with Gasteiger partial charge < -0.3 is 10.2 Å². The molecule has 1 heterocycles. The average Bonchev–Trinajstić information content (AvgIpc) is 2.64. The number of H-pyrrole nitrogens is 1. The first-order chi connectivity index (χ1) is 13.3. The molecule has 1 aromatic heterocycles. The van der Waals surface area contributed by atoms with Gasteiger partial charge in [-0.25, -0.2) is 14.2 Å². The molecule has 28 heavy (non-hydrogen) atoms. The molecule has 0 spiro atoms. The molecule has 0 amide bonds. The Morgan fingerprint density at radius 1 is 1.07 bits per heavy atom. The summed E-state index contributed by atoms with van der Waals surface area (Å²) in [5.74, 6) is -1.60. The number of benzene rings is 2. The number of hydrogen-bond donors (Lipinski definition) is 3. The van der Waals surface area contributed by atoms with Crippen LogP contribution in [0.3, 0.4) is 0 Å². The van der Waals surface area contributed by atoms with Crippen LogP contribution in [0.1, 0.15) is 27.0 Å². The van der Waals surface area contributed by atoms with E-state index in [2.05, 4.69) is 9.98 Å². The minimum atomic E-state index is -1.06. The number of nitrogens with zero attached hydrogens (tertiary/aromatic N) is 2. The third-order valence-electron chi connectivity index (χ3n) is 4.33. The van der Waals surface area contributed by atoms with Crippen molar-refractivity contribution in [2.45, 2.75) is 13.8 Å². The number of nitrogens with one attached hydrogen (secondary N) is 1. The SMILES string of the molecule is Cc1ccc(-n2c(O)c(C=Nc3ccc(C(=O)O)cc3)c(=O)[nH]c2=O)cc1C. The standard InChI is InChI=1S/C20H17N3O5/c1-11-3-8-15(9-12(11)2)23-18(25)16(17(24)22-20(23)28)10-21-14-6-4-13(5-7-14)19(26)27/h3-10,25H,1-2H3,(H,26,27)(H,22,24,28). The van der Waals surface area contributed by atoms with Crippen molar-refractivity contribution in [3.8, 4) is 11.6 Å². The summed E-state index contributed by atoms with van der Waals surface area (Å²) < 4.78 is 0.989. The van der Waals surface area contributed by atoms with Crippen LogP contribution in [-0.2, 0) is 0 Å². The van der Waals surface area contributed by atoms with Crippen LogP contribution in [0.5, 0.6) is 5.88 Å². The van der Waals surface area contributed by atoms with Gasteiger partial charge in [0.25, 0.3) is 5.56 Å². The highest BCUT2D eigenvalue weighted by atomic mass is 16.4. The van der Waals surface area contributed by atoms with E-state index >= 15 is 0 Å². The molecule has 0 aliphatic carbocycles. The Bertz CT molecular complexity index is 1200. The quantitative estimate of drug-likeness (QED) is 0.600. The van der Waals surface area contributed by atoms with E-state index in [1.165, 1.54) is 24.3 Å². The molecule has 0 aliphatic rings. The summed E-state index contributed by atoms with van der Waals surface area (Å²) in [6, 6.07) is 10.9. The maximum Gasteiger partial charge on any atom is 0.335 e. The summed E-state index contributed by atoms with van der Waals surface area (Å²) in [6.07, 6.45) is 1.13. The Balaban J connectivity index is 2.06. The highest BCUT2D eigenvalue weighted by molar-refractivity contribution is 5.88. The molecule has 0 fully saturated rings. The van der Waals surface area contributed by atoms with E-state index in [-0.39, 0.29) is 11.1 Å². The second-order valence-electron chi connectivity index (χ2n) is 6.21. The maximum absolute atomic E-state index is 12.2. The van der Waals surface area contributed by atoms with E-state index in [0.717, 1.165) is 21.9 Å². The highest BCUT2D eigenvalue weighted by Gasteiger charge is 2.14. The fourth-order valence-corrected chi connectivity index (χ4v) is 2.59. The molecule has 3 rings (SSSR count). The van der Waals surface area contributed by atoms with Crippen LogP contribution >= 0.6 is 0 Å². The zero-order valence-corrected chi connectivity index (χ0v) is 15.1. The van der Waals surface area contributed by atoms with Crippen molar-refractivity contribution in [1.29, 1.82) is 0 Å². The van der Waals surface area contributed by atoms with E-state index in [1.807, 2.05) is 13.8 Å². The number of aromatic amines is 1. The van der Waals surface area contributed by atoms with Crippen LogP contribution in [0.2, 0.25) is 0 Å². The lowest BCUT2D eigenvalue weighted by Gasteiger charge is -2.11. The van der Waals surface area contributed by atoms with Crippen LogP contribution in [0.15, 0.2) is 57.0 Å². The number of aromatic nitrogens is 2. The molecule has 2 aromatic carbocycles. The third kappa shape index (κ3) is 3.61. The molecule has 3 N–H and O–H groups in total. The lowest BCUT2D eigenvalue weighted by Crippen LogP contribution is -2.31. The zero-order valence-electron chi connectivity index (χ0n) is 15.1. The van der Waals surface area contributed by atoms with Gasteiger partial charge in [0, 0.05) is 6.21 Å². The summed E-state index contributed by atoms with van der Waals surface area (Å²) in [6.45, 7) is 3.79. The van der Waals surface area contributed by atoms with Crippen LogP contribution in [0.4, 0.5) is 5.69 Å². The molecule has 3 aromatic rings. The Kier molecular flexibility index (Phi) is 4.95. The molecular weight excluding hydrogens is 362 g/mol. The summed E-state index contributed by atoms with van der Waals surface area (Å²) in [7, 11) is 0. The van der Waals surface area contributed by atoms with Crippen molar-refractivity contribution in [3.63, 3.8) is 0 Å². The van der Waals surface area contributed by atoms with Gasteiger partial charge >= 0.3 is 11.7 Å². The van der Waals surface area contributed by atoms with Gasteiger partial charge in [-0.2, -0.15) is 0 Å². The number of rotatable bonds is 4. The Morgan fingerprint density at radius 2 is 1.75 bits per heavy atom. The first-order valence-electron chi connectivity index (χ1n) is 8.31. The van der Waals surface area contributed by atoms with Gasteiger partial charge in [-0.15, -0.1) is 0 Å². The minimum Gasteiger partial charge on any atom is -0.493 e. The Labute approximate surface area is 159 Å². The number of aromatic hydroxyl groups is 1. The van der Waals surface area contributed by atoms with E-state index in [0.29, 0.717) is 11.4 Å². The van der Waals surface area contributed by atoms with Gasteiger partial charge in [0.15, 0.2) is 0 Å². The van der Waals surface area contributed by atoms with E-state index < -0.39 is 23.1 Å². The molecule has 0 bridgehead atoms. The Morgan fingerprint density at radius 3 is 2.36 bits per heavy atom. The molecule has 0 unspecified atom stereocenters. The van der Waals surface area contributed by atoms with Crippen molar-refractivity contribution >= 4 is 17.9 Å². The summed E-state index contributed by atoms with van der Waals surface area (Å²) >= 11 is 0. The van der Waals surface area contributed by atoms with Crippen molar-refractivity contribution in [1.82, 2.24) is 9.55 Å². The van der Waals surface area contributed by atoms with E-state index in [1.54, 1.807) is 18.2 Å². The first kappa shape index (κ1) is 18.8. The normalized spacial score (nSPS) is 11.1. The molecule has 8 nitrogen and oxygen atoms in total. The van der Waals surface area contributed by atoms with Crippen molar-refractivity contribution in [2.75, 3.05) is 0 Å². The Hall–Kier alpha value is -3.94. The summed E-state index contributed by atoms with van der Waals surface area (Å²) in [5.41, 5.74) is 1.08. The minimum absolute atomic E-state index is 0.0999. The van der Waals surface area contributed by atoms with E-state index in [9.17, 15) is 19.5 Å². The topological polar surface area (TPSA) is 125 Å². The maximum atomic E-state index is 12.2. The van der Waals surface area contributed by atoms with Crippen molar-refractivity contribution < 1.29 is 15.0 Å². The largest absolute Gasteiger partial charge is 0.493 e. The second kappa shape index (κ2) is 7.36. The van der Waals surface area contributed by atoms with Crippen molar-refractivity contribution in [2.24, 2.45) is 4.99 Å². The zero-order chi connectivity index (χ0) is 20.4. The molecule has 0 saturated carbocycles. The molecule has 8 heteroatoms. The lowest BCUT2D eigenvalue weighted by molar-refractivity contribution is 0.0697. The van der Waals surface area contributed by atoms with Crippen LogP contribution in [0.25, 0.3) is 5.69 Å². The lowest BCUT2D eigenvalue weighted by atomic mass is 10.1. The molecule has 142 valence electrons. The fourth-order valence-electron chi connectivity index (χ4n) is 2.59. The van der Waals surface area contributed by atoms with Crippen LogP contribution < -0.4 is 11.2 Å². The number of carbonyl (C=O) groups is 1. The van der Waals surface area contributed by atoms with Gasteiger partial charge in [-0.05, 0) is 61.4 Å². The van der Waals surface area contributed by atoms with Gasteiger partial charge in [-0.3, -0.25) is 14.8 Å². The van der Waals surface area contributed by atoms with E-state index in [4.69, 9.17) is 5.11 Å². The average molecular weight is 379 g/mol. The number of aryl methyl sites for hydroxylation is 2. The summed E-state index contributed by atoms with van der Waals surface area (Å²) in [5, 5.41) is 19.4. The number of aromatic carboxylic acids is 1. The van der Waals surface area contributed by atoms with Gasteiger partial charge in [-0.1, -0.05) is 6.07 Å². The van der Waals surface area contributed by atoms with Crippen molar-refractivity contribution in [3.05, 3.63) is 85.6 Å². The third-order valence-corrected chi connectivity index (χ3v) is 4.33. The van der Waals surface area contributed by atoms with Gasteiger partial charge in [0.1, 0.15) is 5.56 Å². The molecule has 0 radical (unpaired) electrons. The molecular formula is C20H17N3O5. The number of hydrogen-bond acceptors (Lipinski definition) is 5. The number of carboxylic acid groups (broad SMARTS) is 1. The van der Waals surface area contributed by atoms with Gasteiger partial charge in [0.2, 0.25) is 5.88 Å². The highest BCUT2D eigenvalue weighted by Crippen LogP contribution is 2.19. The second-order valence-corrected chi connectivity index (χ2v) is 6.21. The van der Waals surface area contributed by atoms with Crippen LogP contribution in [-0.4, -0.2) is 31.9 Å². The molecule has 0 saturated heterocycles. The van der Waals surface area contributed by atoms with Gasteiger partial charge in [0.05, 0.1) is 16.9 Å². The molecule has 0 atom stereocenters.